The molecule has 5 nitrogen and oxygen atoms in total. The van der Waals surface area contributed by atoms with Gasteiger partial charge in [0, 0.05) is 22.9 Å². The number of aryl methyl sites for hydroxylation is 1. The molecule has 0 aromatic carbocycles. The number of nitriles is 1. The van der Waals surface area contributed by atoms with Crippen molar-refractivity contribution < 1.29 is 0 Å². The maximum atomic E-state index is 11.2. The third kappa shape index (κ3) is 2.92. The summed E-state index contributed by atoms with van der Waals surface area (Å²) < 4.78 is 0. The summed E-state index contributed by atoms with van der Waals surface area (Å²) in [6.07, 6.45) is 1.57. The van der Waals surface area contributed by atoms with Crippen LogP contribution in [0.25, 0.3) is 0 Å². The molecule has 0 saturated heterocycles. The second kappa shape index (κ2) is 4.80. The zero-order chi connectivity index (χ0) is 12.3. The highest BCUT2D eigenvalue weighted by molar-refractivity contribution is 7.99. The first-order valence-electron chi connectivity index (χ1n) is 4.79. The molecule has 1 N–H and O–H groups in total. The van der Waals surface area contributed by atoms with Crippen molar-refractivity contribution in [1.29, 1.82) is 5.26 Å². The van der Waals surface area contributed by atoms with Gasteiger partial charge >= 0.3 is 0 Å². The predicted octanol–water partition coefficient (Wildman–Crippen LogP) is 1.50. The van der Waals surface area contributed by atoms with Crippen LogP contribution < -0.4 is 5.56 Å². The van der Waals surface area contributed by atoms with E-state index in [1.165, 1.54) is 17.8 Å². The fourth-order valence-electron chi connectivity index (χ4n) is 1.22. The van der Waals surface area contributed by atoms with Crippen molar-refractivity contribution in [3.05, 3.63) is 46.1 Å². The Morgan fingerprint density at radius 2 is 2.29 bits per heavy atom. The standard InChI is InChI=1S/C11H8N4OS/c1-7-4-10(16)15-11(14-7)17-9-3-2-8(5-12)13-6-9/h2-4,6H,1H3,(H,14,15,16). The van der Waals surface area contributed by atoms with Gasteiger partial charge in [0.1, 0.15) is 11.8 Å². The van der Waals surface area contributed by atoms with E-state index in [0.717, 1.165) is 4.90 Å². The Hall–Kier alpha value is -2.13. The molecule has 2 heterocycles. The molecule has 0 spiro atoms. The summed E-state index contributed by atoms with van der Waals surface area (Å²) in [5.41, 5.74) is 0.847. The Kier molecular flexibility index (Phi) is 3.21. The van der Waals surface area contributed by atoms with E-state index in [9.17, 15) is 4.79 Å². The predicted molar refractivity (Wildman–Crippen MR) is 62.7 cm³/mol. The maximum absolute atomic E-state index is 11.2. The van der Waals surface area contributed by atoms with Gasteiger partial charge in [0.15, 0.2) is 5.16 Å². The molecule has 84 valence electrons. The average Bonchev–Trinajstić information content (AvgIpc) is 2.28. The number of rotatable bonds is 2. The van der Waals surface area contributed by atoms with Crippen LogP contribution in [0.2, 0.25) is 0 Å². The third-order valence-corrected chi connectivity index (χ3v) is 2.78. The lowest BCUT2D eigenvalue weighted by Gasteiger charge is -2.00. The van der Waals surface area contributed by atoms with Gasteiger partial charge in [0.05, 0.1) is 0 Å². The van der Waals surface area contributed by atoms with Gasteiger partial charge in [0.2, 0.25) is 0 Å². The van der Waals surface area contributed by atoms with Gasteiger partial charge in [-0.1, -0.05) is 11.8 Å². The number of aromatic amines is 1. The van der Waals surface area contributed by atoms with Gasteiger partial charge in [0.25, 0.3) is 5.56 Å². The Morgan fingerprint density at radius 3 is 2.88 bits per heavy atom. The van der Waals surface area contributed by atoms with Crippen LogP contribution in [0.1, 0.15) is 11.4 Å². The van der Waals surface area contributed by atoms with E-state index in [1.807, 2.05) is 6.07 Å². The number of hydrogen-bond donors (Lipinski definition) is 1. The normalized spacial score (nSPS) is 9.88. The van der Waals surface area contributed by atoms with Crippen LogP contribution >= 0.6 is 11.8 Å². The van der Waals surface area contributed by atoms with Crippen LogP contribution in [0, 0.1) is 18.3 Å². The zero-order valence-corrected chi connectivity index (χ0v) is 9.78. The summed E-state index contributed by atoms with van der Waals surface area (Å²) in [4.78, 5) is 22.8. The van der Waals surface area contributed by atoms with Crippen molar-refractivity contribution in [3.63, 3.8) is 0 Å². The third-order valence-electron chi connectivity index (χ3n) is 1.91. The van der Waals surface area contributed by atoms with Gasteiger partial charge in [-0.25, -0.2) is 9.97 Å². The highest BCUT2D eigenvalue weighted by Gasteiger charge is 2.02. The van der Waals surface area contributed by atoms with Crippen LogP contribution in [0.15, 0.2) is 39.2 Å². The van der Waals surface area contributed by atoms with E-state index < -0.39 is 0 Å². The molecule has 0 aliphatic rings. The van der Waals surface area contributed by atoms with E-state index in [4.69, 9.17) is 5.26 Å². The topological polar surface area (TPSA) is 82.4 Å². The maximum Gasteiger partial charge on any atom is 0.251 e. The van der Waals surface area contributed by atoms with E-state index >= 15 is 0 Å². The molecule has 2 aromatic rings. The van der Waals surface area contributed by atoms with Crippen molar-refractivity contribution >= 4 is 11.8 Å². The van der Waals surface area contributed by atoms with Crippen molar-refractivity contribution in [2.45, 2.75) is 17.0 Å². The minimum atomic E-state index is -0.179. The molecule has 0 bridgehead atoms. The summed E-state index contributed by atoms with van der Waals surface area (Å²) >= 11 is 1.30. The van der Waals surface area contributed by atoms with E-state index in [0.29, 0.717) is 16.5 Å². The summed E-state index contributed by atoms with van der Waals surface area (Å²) in [7, 11) is 0. The lowest BCUT2D eigenvalue weighted by Crippen LogP contribution is -2.07. The van der Waals surface area contributed by atoms with Gasteiger partial charge < -0.3 is 4.98 Å². The van der Waals surface area contributed by atoms with E-state index in [-0.39, 0.29) is 5.56 Å². The zero-order valence-electron chi connectivity index (χ0n) is 8.97. The number of pyridine rings is 1. The van der Waals surface area contributed by atoms with Gasteiger partial charge in [-0.15, -0.1) is 0 Å². The van der Waals surface area contributed by atoms with Crippen LogP contribution in [-0.4, -0.2) is 15.0 Å². The SMILES string of the molecule is Cc1cc(=O)[nH]c(Sc2ccc(C#N)nc2)n1. The first-order chi connectivity index (χ1) is 8.17. The monoisotopic (exact) mass is 244 g/mol. The molecule has 6 heteroatoms. The number of nitrogens with zero attached hydrogens (tertiary/aromatic N) is 3. The first kappa shape index (κ1) is 11.4. The molecule has 0 aliphatic heterocycles. The molecule has 0 fully saturated rings. The summed E-state index contributed by atoms with van der Waals surface area (Å²) in [6.45, 7) is 1.76. The van der Waals surface area contributed by atoms with E-state index in [1.54, 1.807) is 25.3 Å². The minimum absolute atomic E-state index is 0.179. The Bertz CT molecular complexity index is 627. The fourth-order valence-corrected chi connectivity index (χ4v) is 2.02. The molecule has 17 heavy (non-hydrogen) atoms. The van der Waals surface area contributed by atoms with Gasteiger partial charge in [-0.05, 0) is 19.1 Å². The number of aromatic nitrogens is 3. The molecule has 0 saturated carbocycles. The van der Waals surface area contributed by atoms with Crippen molar-refractivity contribution in [2.75, 3.05) is 0 Å². The molecule has 2 aromatic heterocycles. The van der Waals surface area contributed by atoms with Crippen LogP contribution in [0.3, 0.4) is 0 Å². The summed E-state index contributed by atoms with van der Waals surface area (Å²) in [5, 5.41) is 9.13. The minimum Gasteiger partial charge on any atom is -0.301 e. The van der Waals surface area contributed by atoms with Crippen molar-refractivity contribution in [2.24, 2.45) is 0 Å². The molecular formula is C11H8N4OS. The average molecular weight is 244 g/mol. The molecule has 0 atom stereocenters. The molecular weight excluding hydrogens is 236 g/mol. The number of hydrogen-bond acceptors (Lipinski definition) is 5. The fraction of sp³-hybridized carbons (Fsp3) is 0.0909. The lowest BCUT2D eigenvalue weighted by molar-refractivity contribution is 0.905. The summed E-state index contributed by atoms with van der Waals surface area (Å²) in [6, 6.07) is 6.76. The van der Waals surface area contributed by atoms with Crippen LogP contribution in [-0.2, 0) is 0 Å². The quantitative estimate of drug-likeness (QED) is 0.809. The van der Waals surface area contributed by atoms with Crippen molar-refractivity contribution in [3.8, 4) is 6.07 Å². The van der Waals surface area contributed by atoms with Crippen molar-refractivity contribution in [1.82, 2.24) is 15.0 Å². The molecule has 2 rings (SSSR count). The highest BCUT2D eigenvalue weighted by Crippen LogP contribution is 2.22. The summed E-state index contributed by atoms with van der Waals surface area (Å²) in [5.74, 6) is 0. The second-order valence-electron chi connectivity index (χ2n) is 3.28. The molecule has 0 amide bonds. The van der Waals surface area contributed by atoms with Gasteiger partial charge in [-0.2, -0.15) is 5.26 Å². The smallest absolute Gasteiger partial charge is 0.251 e. The number of nitrogens with one attached hydrogen (secondary N) is 1. The Balaban J connectivity index is 2.25. The van der Waals surface area contributed by atoms with E-state index in [2.05, 4.69) is 15.0 Å². The molecule has 0 aliphatic carbocycles. The van der Waals surface area contributed by atoms with Crippen LogP contribution in [0.4, 0.5) is 0 Å². The Morgan fingerprint density at radius 1 is 1.47 bits per heavy atom. The second-order valence-corrected chi connectivity index (χ2v) is 4.35. The highest BCUT2D eigenvalue weighted by atomic mass is 32.2. The lowest BCUT2D eigenvalue weighted by atomic mass is 10.4. The molecule has 0 unspecified atom stereocenters. The molecule has 0 radical (unpaired) electrons. The Labute approximate surface area is 102 Å². The number of H-pyrrole nitrogens is 1. The largest absolute Gasteiger partial charge is 0.301 e. The first-order valence-corrected chi connectivity index (χ1v) is 5.61. The van der Waals surface area contributed by atoms with Crippen LogP contribution in [0.5, 0.6) is 0 Å². The van der Waals surface area contributed by atoms with Gasteiger partial charge in [-0.3, -0.25) is 4.79 Å².